The van der Waals surface area contributed by atoms with Crippen LogP contribution in [0.3, 0.4) is 0 Å². The summed E-state index contributed by atoms with van der Waals surface area (Å²) >= 11 is 2.01. The molecule has 0 aromatic rings. The molecule has 0 heterocycles. The Bertz CT molecular complexity index is 120. The van der Waals surface area contributed by atoms with Gasteiger partial charge in [-0.15, -0.1) is 0 Å². The summed E-state index contributed by atoms with van der Waals surface area (Å²) in [7, 11) is 0. The lowest BCUT2D eigenvalue weighted by atomic mass is 9.92. The molecule has 1 heteroatoms. The van der Waals surface area contributed by atoms with Crippen LogP contribution in [0.5, 0.6) is 0 Å². The molecule has 66 valence electrons. The van der Waals surface area contributed by atoms with Gasteiger partial charge in [-0.05, 0) is 42.1 Å². The molecular formula is C10H20S. The molecule has 1 rings (SSSR count). The zero-order chi connectivity index (χ0) is 8.43. The molecule has 0 spiro atoms. The van der Waals surface area contributed by atoms with Gasteiger partial charge in [0.1, 0.15) is 0 Å². The van der Waals surface area contributed by atoms with E-state index < -0.39 is 0 Å². The maximum absolute atomic E-state index is 2.41. The van der Waals surface area contributed by atoms with Gasteiger partial charge in [0.15, 0.2) is 0 Å². The van der Waals surface area contributed by atoms with Crippen molar-refractivity contribution < 1.29 is 0 Å². The molecule has 0 aliphatic heterocycles. The average molecular weight is 172 g/mol. The van der Waals surface area contributed by atoms with E-state index in [-0.39, 0.29) is 0 Å². The molecule has 1 aliphatic carbocycles. The van der Waals surface area contributed by atoms with Crippen molar-refractivity contribution in [2.75, 3.05) is 12.0 Å². The van der Waals surface area contributed by atoms with Crippen molar-refractivity contribution in [2.45, 2.75) is 27.2 Å². The Labute approximate surface area is 75.1 Å². The molecule has 0 amide bonds. The van der Waals surface area contributed by atoms with Crippen LogP contribution in [0, 0.1) is 23.7 Å². The first kappa shape index (κ1) is 9.44. The lowest BCUT2D eigenvalue weighted by molar-refractivity contribution is 0.359. The highest BCUT2D eigenvalue weighted by molar-refractivity contribution is 7.98. The van der Waals surface area contributed by atoms with Gasteiger partial charge in [-0.1, -0.05) is 20.8 Å². The SMILES string of the molecule is CSCC1CC1C(C)C(C)C. The zero-order valence-corrected chi connectivity index (χ0v) is 8.95. The van der Waals surface area contributed by atoms with Crippen molar-refractivity contribution in [3.63, 3.8) is 0 Å². The van der Waals surface area contributed by atoms with E-state index in [0.717, 1.165) is 23.7 Å². The van der Waals surface area contributed by atoms with Gasteiger partial charge in [0.05, 0.1) is 0 Å². The molecule has 11 heavy (non-hydrogen) atoms. The first-order valence-corrected chi connectivity index (χ1v) is 6.05. The number of hydrogen-bond donors (Lipinski definition) is 0. The van der Waals surface area contributed by atoms with Crippen LogP contribution in [0.15, 0.2) is 0 Å². The topological polar surface area (TPSA) is 0 Å². The van der Waals surface area contributed by atoms with Crippen molar-refractivity contribution in [1.29, 1.82) is 0 Å². The summed E-state index contributed by atoms with van der Waals surface area (Å²) in [5.41, 5.74) is 0. The molecule has 3 unspecified atom stereocenters. The Balaban J connectivity index is 2.20. The first-order valence-electron chi connectivity index (χ1n) is 4.65. The van der Waals surface area contributed by atoms with Crippen molar-refractivity contribution >= 4 is 11.8 Å². The lowest BCUT2D eigenvalue weighted by Crippen LogP contribution is -2.07. The fraction of sp³-hybridized carbons (Fsp3) is 1.00. The molecule has 0 radical (unpaired) electrons. The molecule has 0 bridgehead atoms. The van der Waals surface area contributed by atoms with Crippen LogP contribution in [0.2, 0.25) is 0 Å². The summed E-state index contributed by atoms with van der Waals surface area (Å²) < 4.78 is 0. The van der Waals surface area contributed by atoms with E-state index in [9.17, 15) is 0 Å². The van der Waals surface area contributed by atoms with Gasteiger partial charge in [0.2, 0.25) is 0 Å². The average Bonchev–Trinajstić information content (AvgIpc) is 2.67. The summed E-state index contributed by atoms with van der Waals surface area (Å²) in [5, 5.41) is 0. The van der Waals surface area contributed by atoms with Gasteiger partial charge >= 0.3 is 0 Å². The second kappa shape index (κ2) is 3.84. The minimum absolute atomic E-state index is 0.881. The number of hydrogen-bond acceptors (Lipinski definition) is 1. The minimum Gasteiger partial charge on any atom is -0.165 e. The maximum Gasteiger partial charge on any atom is -0.00391 e. The van der Waals surface area contributed by atoms with Crippen molar-refractivity contribution in [2.24, 2.45) is 23.7 Å². The van der Waals surface area contributed by atoms with Crippen molar-refractivity contribution in [3.8, 4) is 0 Å². The van der Waals surface area contributed by atoms with Gasteiger partial charge in [-0.2, -0.15) is 11.8 Å². The Hall–Kier alpha value is 0.350. The number of rotatable bonds is 4. The molecule has 1 fully saturated rings. The number of thioether (sulfide) groups is 1. The van der Waals surface area contributed by atoms with Gasteiger partial charge < -0.3 is 0 Å². The smallest absolute Gasteiger partial charge is 0.00391 e. The molecule has 0 nitrogen and oxygen atoms in total. The van der Waals surface area contributed by atoms with Crippen molar-refractivity contribution in [1.82, 2.24) is 0 Å². The lowest BCUT2D eigenvalue weighted by Gasteiger charge is -2.14. The van der Waals surface area contributed by atoms with Crippen LogP contribution in [-0.4, -0.2) is 12.0 Å². The molecule has 1 aliphatic rings. The van der Waals surface area contributed by atoms with Crippen molar-refractivity contribution in [3.05, 3.63) is 0 Å². The summed E-state index contributed by atoms with van der Waals surface area (Å²) in [4.78, 5) is 0. The van der Waals surface area contributed by atoms with Crippen LogP contribution in [-0.2, 0) is 0 Å². The van der Waals surface area contributed by atoms with Gasteiger partial charge in [0, 0.05) is 0 Å². The quantitative estimate of drug-likeness (QED) is 0.627. The van der Waals surface area contributed by atoms with Crippen LogP contribution in [0.1, 0.15) is 27.2 Å². The Kier molecular flexibility index (Phi) is 3.29. The third-order valence-electron chi connectivity index (χ3n) is 3.08. The molecule has 1 saturated carbocycles. The summed E-state index contributed by atoms with van der Waals surface area (Å²) in [6.45, 7) is 7.11. The van der Waals surface area contributed by atoms with E-state index in [1.807, 2.05) is 11.8 Å². The van der Waals surface area contributed by atoms with Crippen LogP contribution in [0.4, 0.5) is 0 Å². The third kappa shape index (κ3) is 2.40. The fourth-order valence-corrected chi connectivity index (χ4v) is 2.63. The highest BCUT2D eigenvalue weighted by Crippen LogP contribution is 2.47. The first-order chi connectivity index (χ1) is 5.16. The third-order valence-corrected chi connectivity index (χ3v) is 3.85. The molecule has 0 aromatic heterocycles. The Morgan fingerprint density at radius 2 is 2.00 bits per heavy atom. The minimum atomic E-state index is 0.881. The van der Waals surface area contributed by atoms with E-state index >= 15 is 0 Å². The summed E-state index contributed by atoms with van der Waals surface area (Å²) in [6.07, 6.45) is 3.72. The second-order valence-electron chi connectivity index (χ2n) is 4.22. The fourth-order valence-electron chi connectivity index (χ4n) is 1.82. The van der Waals surface area contributed by atoms with E-state index in [4.69, 9.17) is 0 Å². The Morgan fingerprint density at radius 1 is 1.36 bits per heavy atom. The van der Waals surface area contributed by atoms with Gasteiger partial charge in [-0.25, -0.2) is 0 Å². The van der Waals surface area contributed by atoms with E-state index in [2.05, 4.69) is 27.0 Å². The van der Waals surface area contributed by atoms with Gasteiger partial charge in [0.25, 0.3) is 0 Å². The maximum atomic E-state index is 2.41. The van der Waals surface area contributed by atoms with E-state index in [1.54, 1.807) is 0 Å². The second-order valence-corrected chi connectivity index (χ2v) is 5.13. The predicted molar refractivity (Wildman–Crippen MR) is 54.0 cm³/mol. The zero-order valence-electron chi connectivity index (χ0n) is 8.13. The van der Waals surface area contributed by atoms with E-state index in [0.29, 0.717) is 0 Å². The highest BCUT2D eigenvalue weighted by atomic mass is 32.2. The standard InChI is InChI=1S/C10H20S/c1-7(2)8(3)10-5-9(10)6-11-4/h7-10H,5-6H2,1-4H3. The molecular weight excluding hydrogens is 152 g/mol. The predicted octanol–water partition coefficient (Wildman–Crippen LogP) is 3.28. The molecule has 3 atom stereocenters. The molecule has 0 saturated heterocycles. The summed E-state index contributed by atoms with van der Waals surface area (Å²) in [6, 6.07) is 0. The Morgan fingerprint density at radius 3 is 2.45 bits per heavy atom. The van der Waals surface area contributed by atoms with Gasteiger partial charge in [-0.3, -0.25) is 0 Å². The molecule has 0 aromatic carbocycles. The largest absolute Gasteiger partial charge is 0.165 e. The summed E-state index contributed by atoms with van der Waals surface area (Å²) in [5.74, 6) is 5.34. The monoisotopic (exact) mass is 172 g/mol. The van der Waals surface area contributed by atoms with Crippen LogP contribution in [0.25, 0.3) is 0 Å². The highest BCUT2D eigenvalue weighted by Gasteiger charge is 2.40. The van der Waals surface area contributed by atoms with E-state index in [1.165, 1.54) is 12.2 Å². The van der Waals surface area contributed by atoms with Crippen LogP contribution >= 0.6 is 11.8 Å². The normalized spacial score (nSPS) is 32.5. The van der Waals surface area contributed by atoms with Crippen LogP contribution < -0.4 is 0 Å². The molecule has 0 N–H and O–H groups in total.